The predicted molar refractivity (Wildman–Crippen MR) is 98.4 cm³/mol. The lowest BCUT2D eigenvalue weighted by molar-refractivity contribution is 0.404. The van der Waals surface area contributed by atoms with E-state index in [1.54, 1.807) is 14.2 Å². The molecule has 1 atom stereocenters. The average Bonchev–Trinajstić information content (AvgIpc) is 2.49. The Bertz CT molecular complexity index is 520. The van der Waals surface area contributed by atoms with Crippen LogP contribution in [-0.2, 0) is 0 Å². The van der Waals surface area contributed by atoms with E-state index in [9.17, 15) is 0 Å². The van der Waals surface area contributed by atoms with Crippen LogP contribution in [0.5, 0.6) is 5.75 Å². The molecule has 0 aliphatic heterocycles. The molecule has 1 aromatic carbocycles. The van der Waals surface area contributed by atoms with Crippen molar-refractivity contribution in [2.45, 2.75) is 46.2 Å². The molecule has 0 saturated carbocycles. The highest BCUT2D eigenvalue weighted by Crippen LogP contribution is 2.25. The molecule has 0 aromatic heterocycles. The number of nitrogens with one attached hydrogen (secondary N) is 3. The molecule has 0 bridgehead atoms. The third-order valence-electron chi connectivity index (χ3n) is 3.50. The van der Waals surface area contributed by atoms with Crippen molar-refractivity contribution in [2.24, 2.45) is 4.99 Å². The van der Waals surface area contributed by atoms with Gasteiger partial charge in [0.1, 0.15) is 5.75 Å². The monoisotopic (exact) mass is 320 g/mol. The maximum absolute atomic E-state index is 5.46. The first kappa shape index (κ1) is 19.3. The Balaban J connectivity index is 2.60. The van der Waals surface area contributed by atoms with Gasteiger partial charge in [0.15, 0.2) is 5.96 Å². The van der Waals surface area contributed by atoms with E-state index >= 15 is 0 Å². The van der Waals surface area contributed by atoms with Crippen LogP contribution in [0.15, 0.2) is 23.2 Å². The zero-order valence-corrected chi connectivity index (χ0v) is 15.6. The Morgan fingerprint density at radius 2 is 1.96 bits per heavy atom. The van der Waals surface area contributed by atoms with Gasteiger partial charge in [-0.3, -0.25) is 4.99 Å². The first-order valence-electron chi connectivity index (χ1n) is 8.13. The molecule has 1 rings (SSSR count). The van der Waals surface area contributed by atoms with Gasteiger partial charge in [0, 0.05) is 31.2 Å². The van der Waals surface area contributed by atoms with Crippen molar-refractivity contribution >= 4 is 5.96 Å². The summed E-state index contributed by atoms with van der Waals surface area (Å²) in [6, 6.07) is 6.31. The second-order valence-corrected chi connectivity index (χ2v) is 6.79. The summed E-state index contributed by atoms with van der Waals surface area (Å²) in [5, 5.41) is 10.2. The third-order valence-corrected chi connectivity index (χ3v) is 3.50. The van der Waals surface area contributed by atoms with Gasteiger partial charge in [0.25, 0.3) is 0 Å². The minimum Gasteiger partial charge on any atom is -0.496 e. The van der Waals surface area contributed by atoms with Crippen LogP contribution in [0.25, 0.3) is 0 Å². The van der Waals surface area contributed by atoms with Gasteiger partial charge in [0.2, 0.25) is 0 Å². The summed E-state index contributed by atoms with van der Waals surface area (Å²) in [6.07, 6.45) is 0. The van der Waals surface area contributed by atoms with Crippen LogP contribution in [-0.4, -0.2) is 38.7 Å². The Kier molecular flexibility index (Phi) is 7.36. The fourth-order valence-electron chi connectivity index (χ4n) is 2.29. The second kappa shape index (κ2) is 8.77. The zero-order valence-electron chi connectivity index (χ0n) is 15.6. The summed E-state index contributed by atoms with van der Waals surface area (Å²) in [6.45, 7) is 12.4. The van der Waals surface area contributed by atoms with Crippen molar-refractivity contribution in [3.8, 4) is 5.75 Å². The van der Waals surface area contributed by atoms with Gasteiger partial charge in [0.05, 0.1) is 13.2 Å². The van der Waals surface area contributed by atoms with E-state index in [1.807, 2.05) is 6.07 Å². The van der Waals surface area contributed by atoms with Gasteiger partial charge in [-0.25, -0.2) is 0 Å². The van der Waals surface area contributed by atoms with Gasteiger partial charge in [-0.1, -0.05) is 17.7 Å². The van der Waals surface area contributed by atoms with Gasteiger partial charge >= 0.3 is 0 Å². The highest BCUT2D eigenvalue weighted by atomic mass is 16.5. The average molecular weight is 320 g/mol. The molecule has 3 N–H and O–H groups in total. The van der Waals surface area contributed by atoms with Crippen LogP contribution < -0.4 is 20.7 Å². The first-order chi connectivity index (χ1) is 10.8. The number of methoxy groups -OCH3 is 1. The van der Waals surface area contributed by atoms with E-state index in [4.69, 9.17) is 4.74 Å². The number of hydrogen-bond acceptors (Lipinski definition) is 3. The van der Waals surface area contributed by atoms with Crippen molar-refractivity contribution in [3.05, 3.63) is 29.3 Å². The lowest BCUT2D eigenvalue weighted by Crippen LogP contribution is -2.45. The quantitative estimate of drug-likeness (QED) is 0.428. The van der Waals surface area contributed by atoms with Crippen LogP contribution in [0.4, 0.5) is 0 Å². The number of benzene rings is 1. The molecular weight excluding hydrogens is 288 g/mol. The highest BCUT2D eigenvalue weighted by molar-refractivity contribution is 5.80. The number of guanidine groups is 1. The maximum atomic E-state index is 5.46. The summed E-state index contributed by atoms with van der Waals surface area (Å²) in [5.41, 5.74) is 2.47. The molecule has 1 unspecified atom stereocenters. The number of ether oxygens (including phenoxy) is 1. The van der Waals surface area contributed by atoms with E-state index in [2.05, 4.69) is 67.7 Å². The summed E-state index contributed by atoms with van der Waals surface area (Å²) in [5.74, 6) is 1.68. The smallest absolute Gasteiger partial charge is 0.191 e. The van der Waals surface area contributed by atoms with Crippen molar-refractivity contribution in [2.75, 3.05) is 27.2 Å². The molecule has 5 heteroatoms. The molecule has 23 heavy (non-hydrogen) atoms. The fourth-order valence-corrected chi connectivity index (χ4v) is 2.29. The number of rotatable bonds is 6. The van der Waals surface area contributed by atoms with E-state index < -0.39 is 0 Å². The number of nitrogens with zero attached hydrogens (tertiary/aromatic N) is 1. The topological polar surface area (TPSA) is 57.7 Å². The first-order valence-corrected chi connectivity index (χ1v) is 8.13. The second-order valence-electron chi connectivity index (χ2n) is 6.79. The van der Waals surface area contributed by atoms with Crippen LogP contribution >= 0.6 is 0 Å². The minimum absolute atomic E-state index is 0.103. The Hall–Kier alpha value is -1.75. The molecular formula is C18H32N4O. The molecule has 5 nitrogen and oxygen atoms in total. The molecule has 0 spiro atoms. The van der Waals surface area contributed by atoms with E-state index in [0.29, 0.717) is 0 Å². The lowest BCUT2D eigenvalue weighted by Gasteiger charge is -2.23. The Morgan fingerprint density at radius 1 is 1.26 bits per heavy atom. The fraction of sp³-hybridized carbons (Fsp3) is 0.611. The Morgan fingerprint density at radius 3 is 2.52 bits per heavy atom. The standard InChI is InChI=1S/C18H32N4O/c1-13-8-9-16(23-7)15(12-13)14(2)22-17(19-6)20-10-11-21-18(3,4)5/h8-9,12,14,21H,10-11H2,1-7H3,(H2,19,20,22). The molecule has 0 radical (unpaired) electrons. The lowest BCUT2D eigenvalue weighted by atomic mass is 10.0. The van der Waals surface area contributed by atoms with Crippen LogP contribution in [0.3, 0.4) is 0 Å². The van der Waals surface area contributed by atoms with Gasteiger partial charge in [-0.2, -0.15) is 0 Å². The SMILES string of the molecule is CN=C(NCCNC(C)(C)C)NC(C)c1cc(C)ccc1OC. The number of aryl methyl sites for hydroxylation is 1. The molecule has 1 aromatic rings. The zero-order chi connectivity index (χ0) is 17.5. The predicted octanol–water partition coefficient (Wildman–Crippen LogP) is 2.62. The van der Waals surface area contributed by atoms with Gasteiger partial charge in [-0.15, -0.1) is 0 Å². The molecule has 0 aliphatic rings. The largest absolute Gasteiger partial charge is 0.496 e. The van der Waals surface area contributed by atoms with Crippen LogP contribution in [0.2, 0.25) is 0 Å². The number of hydrogen-bond donors (Lipinski definition) is 3. The van der Waals surface area contributed by atoms with E-state index in [1.165, 1.54) is 5.56 Å². The summed E-state index contributed by atoms with van der Waals surface area (Å²) >= 11 is 0. The molecule has 0 saturated heterocycles. The Labute approximate surface area is 140 Å². The van der Waals surface area contributed by atoms with E-state index in [-0.39, 0.29) is 11.6 Å². The van der Waals surface area contributed by atoms with Crippen molar-refractivity contribution in [3.63, 3.8) is 0 Å². The van der Waals surface area contributed by atoms with Gasteiger partial charge < -0.3 is 20.7 Å². The van der Waals surface area contributed by atoms with Crippen LogP contribution in [0.1, 0.15) is 44.9 Å². The molecule has 0 heterocycles. The summed E-state index contributed by atoms with van der Waals surface area (Å²) in [7, 11) is 3.48. The molecule has 130 valence electrons. The van der Waals surface area contributed by atoms with Crippen molar-refractivity contribution in [1.82, 2.24) is 16.0 Å². The maximum Gasteiger partial charge on any atom is 0.191 e. The van der Waals surface area contributed by atoms with Crippen LogP contribution in [0, 0.1) is 6.92 Å². The number of aliphatic imine (C=N–C) groups is 1. The normalized spacial score (nSPS) is 13.6. The summed E-state index contributed by atoms with van der Waals surface area (Å²) in [4.78, 5) is 4.29. The minimum atomic E-state index is 0.103. The summed E-state index contributed by atoms with van der Waals surface area (Å²) < 4.78 is 5.46. The molecule has 0 fully saturated rings. The molecule has 0 aliphatic carbocycles. The third kappa shape index (κ3) is 6.91. The van der Waals surface area contributed by atoms with Crippen molar-refractivity contribution in [1.29, 1.82) is 0 Å². The molecule has 0 amide bonds. The highest BCUT2D eigenvalue weighted by Gasteiger charge is 2.13. The van der Waals surface area contributed by atoms with Gasteiger partial charge in [-0.05, 0) is 40.7 Å². The van der Waals surface area contributed by atoms with E-state index in [0.717, 1.165) is 30.4 Å². The van der Waals surface area contributed by atoms with Crippen molar-refractivity contribution < 1.29 is 4.74 Å².